The lowest BCUT2D eigenvalue weighted by Crippen LogP contribution is -2.35. The minimum Gasteiger partial charge on any atom is -0.390 e. The first kappa shape index (κ1) is 15.2. The van der Waals surface area contributed by atoms with Crippen LogP contribution >= 0.6 is 0 Å². The molecule has 0 radical (unpaired) electrons. The predicted molar refractivity (Wildman–Crippen MR) is 74.6 cm³/mol. The van der Waals surface area contributed by atoms with Gasteiger partial charge in [-0.1, -0.05) is 20.8 Å². The molecule has 0 spiro atoms. The molecule has 0 aromatic carbocycles. The van der Waals surface area contributed by atoms with E-state index in [-0.39, 0.29) is 0 Å². The van der Waals surface area contributed by atoms with Crippen molar-refractivity contribution in [3.05, 3.63) is 18.2 Å². The fraction of sp³-hybridized carbons (Fsp3) is 0.786. The fourth-order valence-corrected chi connectivity index (χ4v) is 2.01. The van der Waals surface area contributed by atoms with E-state index in [0.717, 1.165) is 31.8 Å². The molecule has 104 valence electrons. The molecule has 0 bridgehead atoms. The maximum absolute atomic E-state index is 10.4. The van der Waals surface area contributed by atoms with Crippen LogP contribution in [0, 0.1) is 0 Å². The molecule has 1 atom stereocenters. The van der Waals surface area contributed by atoms with Crippen LogP contribution in [-0.2, 0) is 13.0 Å². The van der Waals surface area contributed by atoms with Gasteiger partial charge in [0.25, 0.3) is 0 Å². The van der Waals surface area contributed by atoms with Crippen LogP contribution < -0.4 is 5.32 Å². The van der Waals surface area contributed by atoms with Crippen LogP contribution in [0.2, 0.25) is 0 Å². The zero-order valence-electron chi connectivity index (χ0n) is 12.1. The number of hydrogen-bond donors (Lipinski definition) is 2. The standard InChI is InChI=1S/C14H27N3O/c1-5-9-17-10-8-16-13(17)11-14(4,18)6-7-15-12(2)3/h8,10,12,15,18H,5-7,9,11H2,1-4H3. The first-order valence-electron chi connectivity index (χ1n) is 6.90. The Morgan fingerprint density at radius 1 is 1.50 bits per heavy atom. The highest BCUT2D eigenvalue weighted by Gasteiger charge is 2.22. The summed E-state index contributed by atoms with van der Waals surface area (Å²) >= 11 is 0. The smallest absolute Gasteiger partial charge is 0.111 e. The summed E-state index contributed by atoms with van der Waals surface area (Å²) in [6.07, 6.45) is 6.24. The van der Waals surface area contributed by atoms with Crippen molar-refractivity contribution in [1.82, 2.24) is 14.9 Å². The number of rotatable bonds is 8. The number of aromatic nitrogens is 2. The summed E-state index contributed by atoms with van der Waals surface area (Å²) in [5, 5.41) is 13.7. The summed E-state index contributed by atoms with van der Waals surface area (Å²) in [7, 11) is 0. The van der Waals surface area contributed by atoms with E-state index in [1.165, 1.54) is 0 Å². The van der Waals surface area contributed by atoms with Crippen LogP contribution in [0.15, 0.2) is 12.4 Å². The lowest BCUT2D eigenvalue weighted by atomic mass is 9.97. The van der Waals surface area contributed by atoms with Gasteiger partial charge < -0.3 is 15.0 Å². The maximum atomic E-state index is 10.4. The maximum Gasteiger partial charge on any atom is 0.111 e. The van der Waals surface area contributed by atoms with Crippen molar-refractivity contribution in [3.8, 4) is 0 Å². The van der Waals surface area contributed by atoms with E-state index >= 15 is 0 Å². The lowest BCUT2D eigenvalue weighted by molar-refractivity contribution is 0.0482. The highest BCUT2D eigenvalue weighted by atomic mass is 16.3. The average Bonchev–Trinajstić information content (AvgIpc) is 2.64. The first-order chi connectivity index (χ1) is 8.44. The van der Waals surface area contributed by atoms with Gasteiger partial charge in [-0.15, -0.1) is 0 Å². The van der Waals surface area contributed by atoms with Gasteiger partial charge in [-0.3, -0.25) is 0 Å². The molecule has 1 aromatic heterocycles. The SMILES string of the molecule is CCCn1ccnc1CC(C)(O)CCNC(C)C. The van der Waals surface area contributed by atoms with Gasteiger partial charge in [0.05, 0.1) is 5.60 Å². The summed E-state index contributed by atoms with van der Waals surface area (Å²) in [4.78, 5) is 4.35. The Hall–Kier alpha value is -0.870. The molecule has 0 aliphatic rings. The summed E-state index contributed by atoms with van der Waals surface area (Å²) in [6.45, 7) is 10.1. The van der Waals surface area contributed by atoms with Gasteiger partial charge in [-0.05, 0) is 26.3 Å². The van der Waals surface area contributed by atoms with Gasteiger partial charge in [0.1, 0.15) is 5.82 Å². The average molecular weight is 253 g/mol. The molecule has 4 nitrogen and oxygen atoms in total. The third-order valence-electron chi connectivity index (χ3n) is 3.02. The number of nitrogens with zero attached hydrogens (tertiary/aromatic N) is 2. The Kier molecular flexibility index (Phi) is 5.82. The topological polar surface area (TPSA) is 50.1 Å². The highest BCUT2D eigenvalue weighted by Crippen LogP contribution is 2.16. The molecule has 1 unspecified atom stereocenters. The van der Waals surface area contributed by atoms with Gasteiger partial charge in [-0.2, -0.15) is 0 Å². The Labute approximate surface area is 110 Å². The van der Waals surface area contributed by atoms with Crippen molar-refractivity contribution in [1.29, 1.82) is 0 Å². The molecule has 4 heteroatoms. The number of imidazole rings is 1. The van der Waals surface area contributed by atoms with Crippen molar-refractivity contribution in [3.63, 3.8) is 0 Å². The second kappa shape index (κ2) is 6.90. The third-order valence-corrected chi connectivity index (χ3v) is 3.02. The van der Waals surface area contributed by atoms with Crippen LogP contribution in [0.25, 0.3) is 0 Å². The Bertz CT molecular complexity index is 345. The molecular formula is C14H27N3O. The van der Waals surface area contributed by atoms with Gasteiger partial charge in [0.2, 0.25) is 0 Å². The molecule has 0 saturated carbocycles. The zero-order valence-corrected chi connectivity index (χ0v) is 12.1. The molecule has 18 heavy (non-hydrogen) atoms. The molecule has 0 aliphatic heterocycles. The normalized spacial score (nSPS) is 15.0. The van der Waals surface area contributed by atoms with E-state index in [9.17, 15) is 5.11 Å². The van der Waals surface area contributed by atoms with Crippen molar-refractivity contribution in [2.45, 2.75) is 65.1 Å². The molecule has 2 N–H and O–H groups in total. The number of aryl methyl sites for hydroxylation is 1. The van der Waals surface area contributed by atoms with Gasteiger partial charge in [0.15, 0.2) is 0 Å². The second-order valence-corrected chi connectivity index (χ2v) is 5.57. The Balaban J connectivity index is 2.50. The largest absolute Gasteiger partial charge is 0.390 e. The molecular weight excluding hydrogens is 226 g/mol. The van der Waals surface area contributed by atoms with Crippen molar-refractivity contribution < 1.29 is 5.11 Å². The van der Waals surface area contributed by atoms with E-state index in [4.69, 9.17) is 0 Å². The minimum absolute atomic E-state index is 0.461. The molecule has 0 amide bonds. The second-order valence-electron chi connectivity index (χ2n) is 5.57. The van der Waals surface area contributed by atoms with Crippen molar-refractivity contribution >= 4 is 0 Å². The van der Waals surface area contributed by atoms with E-state index in [0.29, 0.717) is 12.5 Å². The monoisotopic (exact) mass is 253 g/mol. The highest BCUT2D eigenvalue weighted by molar-refractivity contribution is 4.97. The summed E-state index contributed by atoms with van der Waals surface area (Å²) in [5.41, 5.74) is -0.696. The number of nitrogens with one attached hydrogen (secondary N) is 1. The summed E-state index contributed by atoms with van der Waals surface area (Å²) in [6, 6.07) is 0.461. The quantitative estimate of drug-likeness (QED) is 0.745. The van der Waals surface area contributed by atoms with E-state index in [1.54, 1.807) is 0 Å². The Morgan fingerprint density at radius 2 is 2.22 bits per heavy atom. The number of aliphatic hydroxyl groups is 1. The molecule has 0 saturated heterocycles. The molecule has 1 rings (SSSR count). The van der Waals surface area contributed by atoms with Crippen molar-refractivity contribution in [2.24, 2.45) is 0 Å². The van der Waals surface area contributed by atoms with Crippen LogP contribution in [0.3, 0.4) is 0 Å². The lowest BCUT2D eigenvalue weighted by Gasteiger charge is -2.24. The van der Waals surface area contributed by atoms with Crippen LogP contribution in [0.1, 0.15) is 46.4 Å². The minimum atomic E-state index is -0.696. The van der Waals surface area contributed by atoms with E-state index < -0.39 is 5.60 Å². The summed E-state index contributed by atoms with van der Waals surface area (Å²) in [5.74, 6) is 0.978. The fourth-order valence-electron chi connectivity index (χ4n) is 2.01. The Morgan fingerprint density at radius 3 is 2.83 bits per heavy atom. The predicted octanol–water partition coefficient (Wildman–Crippen LogP) is 1.97. The van der Waals surface area contributed by atoms with Crippen LogP contribution in [0.4, 0.5) is 0 Å². The molecule has 0 aliphatic carbocycles. The van der Waals surface area contributed by atoms with Crippen LogP contribution in [-0.4, -0.2) is 32.8 Å². The van der Waals surface area contributed by atoms with Gasteiger partial charge in [-0.25, -0.2) is 4.98 Å². The van der Waals surface area contributed by atoms with Gasteiger partial charge in [0, 0.05) is 31.4 Å². The zero-order chi connectivity index (χ0) is 13.6. The van der Waals surface area contributed by atoms with E-state index in [1.807, 2.05) is 19.3 Å². The molecule has 1 aromatic rings. The summed E-state index contributed by atoms with van der Waals surface area (Å²) < 4.78 is 2.13. The van der Waals surface area contributed by atoms with Gasteiger partial charge >= 0.3 is 0 Å². The van der Waals surface area contributed by atoms with E-state index in [2.05, 4.69) is 35.6 Å². The van der Waals surface area contributed by atoms with Crippen LogP contribution in [0.5, 0.6) is 0 Å². The van der Waals surface area contributed by atoms with Crippen molar-refractivity contribution in [2.75, 3.05) is 6.54 Å². The third kappa shape index (κ3) is 5.19. The number of hydrogen-bond acceptors (Lipinski definition) is 3. The first-order valence-corrected chi connectivity index (χ1v) is 6.90. The molecule has 1 heterocycles. The molecule has 0 fully saturated rings.